The van der Waals surface area contributed by atoms with Crippen molar-refractivity contribution in [3.05, 3.63) is 34.7 Å². The Morgan fingerprint density at radius 3 is 2.79 bits per heavy atom. The summed E-state index contributed by atoms with van der Waals surface area (Å²) in [6.07, 6.45) is 0.810. The van der Waals surface area contributed by atoms with Crippen molar-refractivity contribution in [2.45, 2.75) is 6.92 Å². The normalized spacial score (nSPS) is 10.4. The lowest BCUT2D eigenvalue weighted by atomic mass is 10.2. The second-order valence-corrected chi connectivity index (χ2v) is 4.17. The van der Waals surface area contributed by atoms with Crippen LogP contribution in [0.2, 0.25) is 0 Å². The topological polar surface area (TPSA) is 34.1 Å². The second kappa shape index (κ2) is 3.35. The predicted molar refractivity (Wildman–Crippen MR) is 57.2 cm³/mol. The van der Waals surface area contributed by atoms with E-state index >= 15 is 0 Å². The number of ketones is 1. The highest BCUT2D eigenvalue weighted by atomic mass is 32.1. The molecule has 70 valence electrons. The summed E-state index contributed by atoms with van der Waals surface area (Å²) in [5, 5.41) is 0.963. The monoisotopic (exact) mass is 204 g/mol. The van der Waals surface area contributed by atoms with Crippen LogP contribution in [0.1, 0.15) is 27.0 Å². The summed E-state index contributed by atoms with van der Waals surface area (Å²) in [6, 6.07) is 7.26. The number of Topliss-reactive ketones (excluding diaryl/α,β-unsaturated/α-hetero) is 1. The third kappa shape index (κ3) is 1.46. The lowest BCUT2D eigenvalue weighted by Gasteiger charge is -1.89. The van der Waals surface area contributed by atoms with Crippen molar-refractivity contribution < 1.29 is 9.59 Å². The summed E-state index contributed by atoms with van der Waals surface area (Å²) in [5.41, 5.74) is 0.644. The summed E-state index contributed by atoms with van der Waals surface area (Å²) in [6.45, 7) is 1.55. The van der Waals surface area contributed by atoms with E-state index in [9.17, 15) is 9.59 Å². The largest absolute Gasteiger partial charge is 0.298 e. The van der Waals surface area contributed by atoms with Crippen molar-refractivity contribution in [1.29, 1.82) is 0 Å². The molecule has 0 unspecified atom stereocenters. The minimum atomic E-state index is 0.0684. The molecule has 0 bridgehead atoms. The number of carbonyl (C=O) groups excluding carboxylic acids is 2. The fourth-order valence-electron chi connectivity index (χ4n) is 1.31. The van der Waals surface area contributed by atoms with Crippen LogP contribution in [-0.2, 0) is 0 Å². The van der Waals surface area contributed by atoms with Gasteiger partial charge in [0.15, 0.2) is 5.78 Å². The zero-order valence-corrected chi connectivity index (χ0v) is 8.43. The van der Waals surface area contributed by atoms with E-state index in [2.05, 4.69) is 0 Å². The first-order valence-corrected chi connectivity index (χ1v) is 5.02. The van der Waals surface area contributed by atoms with Crippen LogP contribution in [0.25, 0.3) is 10.1 Å². The lowest BCUT2D eigenvalue weighted by Crippen LogP contribution is -1.83. The number of hydrogen-bond acceptors (Lipinski definition) is 3. The van der Waals surface area contributed by atoms with Crippen molar-refractivity contribution in [2.75, 3.05) is 0 Å². The molecule has 0 N–H and O–H groups in total. The van der Waals surface area contributed by atoms with Gasteiger partial charge >= 0.3 is 0 Å². The van der Waals surface area contributed by atoms with Crippen molar-refractivity contribution in [2.24, 2.45) is 0 Å². The van der Waals surface area contributed by atoms with E-state index in [1.54, 1.807) is 19.1 Å². The molecule has 0 aliphatic heterocycles. The van der Waals surface area contributed by atoms with E-state index in [1.807, 2.05) is 12.1 Å². The van der Waals surface area contributed by atoms with Crippen LogP contribution < -0.4 is 0 Å². The molecule has 2 nitrogen and oxygen atoms in total. The standard InChI is InChI=1S/C11H8O2S/c1-7(13)11-5-9-4-8(6-12)2-3-10(9)14-11/h2-6H,1H3. The van der Waals surface area contributed by atoms with Gasteiger partial charge in [-0.2, -0.15) is 0 Å². The van der Waals surface area contributed by atoms with E-state index in [0.29, 0.717) is 5.56 Å². The molecule has 0 fully saturated rings. The zero-order chi connectivity index (χ0) is 10.1. The molecule has 1 heterocycles. The fraction of sp³-hybridized carbons (Fsp3) is 0.0909. The number of carbonyl (C=O) groups is 2. The molecule has 0 saturated carbocycles. The van der Waals surface area contributed by atoms with Gasteiger partial charge in [-0.3, -0.25) is 9.59 Å². The average molecular weight is 204 g/mol. The van der Waals surface area contributed by atoms with E-state index in [0.717, 1.165) is 21.2 Å². The molecule has 14 heavy (non-hydrogen) atoms. The molecule has 2 rings (SSSR count). The molecule has 2 aromatic rings. The molecule has 3 heteroatoms. The van der Waals surface area contributed by atoms with Crippen LogP contribution in [0.15, 0.2) is 24.3 Å². The van der Waals surface area contributed by atoms with Gasteiger partial charge in [-0.05, 0) is 30.5 Å². The summed E-state index contributed by atoms with van der Waals surface area (Å²) in [7, 11) is 0. The van der Waals surface area contributed by atoms with Gasteiger partial charge < -0.3 is 0 Å². The average Bonchev–Trinajstić information content (AvgIpc) is 2.59. The summed E-state index contributed by atoms with van der Waals surface area (Å²) < 4.78 is 1.04. The molecule has 0 aliphatic carbocycles. The molecule has 0 aliphatic rings. The van der Waals surface area contributed by atoms with Crippen molar-refractivity contribution in [3.8, 4) is 0 Å². The van der Waals surface area contributed by atoms with Gasteiger partial charge in [0.1, 0.15) is 6.29 Å². The number of rotatable bonds is 2. The molecular formula is C11H8O2S. The van der Waals surface area contributed by atoms with Crippen molar-refractivity contribution >= 4 is 33.5 Å². The Kier molecular flexibility index (Phi) is 2.17. The van der Waals surface area contributed by atoms with Gasteiger partial charge in [-0.1, -0.05) is 6.07 Å². The Labute approximate surface area is 85.2 Å². The second-order valence-electron chi connectivity index (χ2n) is 3.08. The van der Waals surface area contributed by atoms with E-state index < -0.39 is 0 Å². The van der Waals surface area contributed by atoms with Gasteiger partial charge in [-0.15, -0.1) is 11.3 Å². The first kappa shape index (κ1) is 9.09. The summed E-state index contributed by atoms with van der Waals surface area (Å²) in [4.78, 5) is 22.4. The highest BCUT2D eigenvalue weighted by Crippen LogP contribution is 2.26. The van der Waals surface area contributed by atoms with Crippen LogP contribution in [-0.4, -0.2) is 12.1 Å². The Hall–Kier alpha value is -1.48. The van der Waals surface area contributed by atoms with E-state index in [1.165, 1.54) is 11.3 Å². The van der Waals surface area contributed by atoms with Crippen LogP contribution in [0.3, 0.4) is 0 Å². The first-order chi connectivity index (χ1) is 6.70. The maximum atomic E-state index is 11.1. The molecule has 1 aromatic heterocycles. The molecule has 0 radical (unpaired) electrons. The fourth-order valence-corrected chi connectivity index (χ4v) is 2.25. The highest BCUT2D eigenvalue weighted by Gasteiger charge is 2.05. The van der Waals surface area contributed by atoms with Crippen LogP contribution in [0.4, 0.5) is 0 Å². The lowest BCUT2D eigenvalue weighted by molar-refractivity contribution is 0.102. The Morgan fingerprint density at radius 1 is 1.36 bits per heavy atom. The van der Waals surface area contributed by atoms with Gasteiger partial charge in [0.05, 0.1) is 4.88 Å². The van der Waals surface area contributed by atoms with Gasteiger partial charge in [0.2, 0.25) is 0 Å². The van der Waals surface area contributed by atoms with Gasteiger partial charge in [0.25, 0.3) is 0 Å². The molecule has 0 spiro atoms. The maximum absolute atomic E-state index is 11.1. The van der Waals surface area contributed by atoms with Crippen LogP contribution >= 0.6 is 11.3 Å². The minimum absolute atomic E-state index is 0.0684. The number of benzene rings is 1. The Balaban J connectivity index is 2.65. The summed E-state index contributed by atoms with van der Waals surface area (Å²) in [5.74, 6) is 0.0684. The molecular weight excluding hydrogens is 196 g/mol. The smallest absolute Gasteiger partial charge is 0.169 e. The summed E-state index contributed by atoms with van der Waals surface area (Å²) >= 11 is 1.46. The van der Waals surface area contributed by atoms with Crippen molar-refractivity contribution in [1.82, 2.24) is 0 Å². The highest BCUT2D eigenvalue weighted by molar-refractivity contribution is 7.20. The number of aldehydes is 1. The Bertz CT molecular complexity index is 511. The zero-order valence-electron chi connectivity index (χ0n) is 7.61. The molecule has 0 atom stereocenters. The predicted octanol–water partition coefficient (Wildman–Crippen LogP) is 2.92. The minimum Gasteiger partial charge on any atom is -0.298 e. The van der Waals surface area contributed by atoms with E-state index in [4.69, 9.17) is 0 Å². The third-order valence-corrected chi connectivity index (χ3v) is 3.24. The van der Waals surface area contributed by atoms with Gasteiger partial charge in [-0.25, -0.2) is 0 Å². The quantitative estimate of drug-likeness (QED) is 0.556. The molecule has 1 aromatic carbocycles. The third-order valence-electron chi connectivity index (χ3n) is 2.02. The first-order valence-electron chi connectivity index (χ1n) is 4.20. The van der Waals surface area contributed by atoms with Crippen LogP contribution in [0.5, 0.6) is 0 Å². The molecule has 0 saturated heterocycles. The Morgan fingerprint density at radius 2 is 2.14 bits per heavy atom. The van der Waals surface area contributed by atoms with Crippen molar-refractivity contribution in [3.63, 3.8) is 0 Å². The van der Waals surface area contributed by atoms with E-state index in [-0.39, 0.29) is 5.78 Å². The SMILES string of the molecule is CC(=O)c1cc2cc(C=O)ccc2s1. The van der Waals surface area contributed by atoms with Crippen LogP contribution in [0, 0.1) is 0 Å². The number of hydrogen-bond donors (Lipinski definition) is 0. The number of thiophene rings is 1. The number of fused-ring (bicyclic) bond motifs is 1. The molecule has 0 amide bonds. The van der Waals surface area contributed by atoms with Gasteiger partial charge in [0, 0.05) is 10.3 Å². The maximum Gasteiger partial charge on any atom is 0.169 e.